The van der Waals surface area contributed by atoms with Gasteiger partial charge in [0, 0.05) is 16.7 Å². The lowest BCUT2D eigenvalue weighted by molar-refractivity contribution is 0.212. The van der Waals surface area contributed by atoms with E-state index in [2.05, 4.69) is 28.2 Å². The van der Waals surface area contributed by atoms with Crippen molar-refractivity contribution < 1.29 is 0 Å². The third kappa shape index (κ3) is 3.26. The molecule has 1 aliphatic rings. The van der Waals surface area contributed by atoms with Gasteiger partial charge in [0.05, 0.1) is 10.6 Å². The van der Waals surface area contributed by atoms with Gasteiger partial charge in [0.2, 0.25) is 0 Å². The highest BCUT2D eigenvalue weighted by molar-refractivity contribution is 9.10. The first-order chi connectivity index (χ1) is 9.11. The molecular weight excluding hydrogens is 324 g/mol. The lowest BCUT2D eigenvalue weighted by atomic mass is 9.71. The molecular formula is C15H22BrClN2. The number of hydrogen-bond acceptors (Lipinski definition) is 2. The SMILES string of the molecule is CCC1CCCCC1(CN)Nc1ccc(Cl)c(Br)c1. The number of nitrogens with two attached hydrogens (primary N) is 1. The fraction of sp³-hybridized carbons (Fsp3) is 0.600. The van der Waals surface area contributed by atoms with Crippen LogP contribution in [0.15, 0.2) is 22.7 Å². The van der Waals surface area contributed by atoms with Gasteiger partial charge in [-0.25, -0.2) is 0 Å². The molecule has 2 rings (SSSR count). The van der Waals surface area contributed by atoms with E-state index in [0.717, 1.165) is 21.6 Å². The average Bonchev–Trinajstić information content (AvgIpc) is 2.43. The Balaban J connectivity index is 2.23. The summed E-state index contributed by atoms with van der Waals surface area (Å²) in [5.41, 5.74) is 7.26. The first-order valence-corrected chi connectivity index (χ1v) is 8.21. The molecule has 0 spiro atoms. The summed E-state index contributed by atoms with van der Waals surface area (Å²) in [5.74, 6) is 0.653. The first-order valence-electron chi connectivity index (χ1n) is 7.04. The Morgan fingerprint density at radius 3 is 2.89 bits per heavy atom. The number of benzene rings is 1. The Hall–Kier alpha value is -0.250. The van der Waals surface area contributed by atoms with Gasteiger partial charge in [-0.15, -0.1) is 0 Å². The molecule has 0 bridgehead atoms. The zero-order chi connectivity index (χ0) is 13.9. The topological polar surface area (TPSA) is 38.0 Å². The largest absolute Gasteiger partial charge is 0.378 e. The summed E-state index contributed by atoms with van der Waals surface area (Å²) in [4.78, 5) is 0. The van der Waals surface area contributed by atoms with E-state index in [9.17, 15) is 0 Å². The van der Waals surface area contributed by atoms with E-state index in [0.29, 0.717) is 12.5 Å². The molecule has 0 aromatic heterocycles. The van der Waals surface area contributed by atoms with Crippen LogP contribution in [0.3, 0.4) is 0 Å². The maximum Gasteiger partial charge on any atom is 0.0549 e. The van der Waals surface area contributed by atoms with Crippen molar-refractivity contribution >= 4 is 33.2 Å². The molecule has 0 heterocycles. The first kappa shape index (κ1) is 15.1. The van der Waals surface area contributed by atoms with Crippen molar-refractivity contribution in [3.63, 3.8) is 0 Å². The van der Waals surface area contributed by atoms with E-state index in [4.69, 9.17) is 17.3 Å². The van der Waals surface area contributed by atoms with Crippen LogP contribution < -0.4 is 11.1 Å². The maximum absolute atomic E-state index is 6.12. The molecule has 1 aliphatic carbocycles. The minimum absolute atomic E-state index is 0.0419. The standard InChI is InChI=1S/C15H22BrClN2/c1-2-11-5-3-4-8-15(11,10-18)19-12-6-7-14(17)13(16)9-12/h6-7,9,11,19H,2-5,8,10,18H2,1H3. The van der Waals surface area contributed by atoms with Crippen molar-refractivity contribution in [3.8, 4) is 0 Å². The highest BCUT2D eigenvalue weighted by Gasteiger charge is 2.38. The van der Waals surface area contributed by atoms with Crippen molar-refractivity contribution in [2.45, 2.75) is 44.6 Å². The van der Waals surface area contributed by atoms with Gasteiger partial charge in [0.1, 0.15) is 0 Å². The van der Waals surface area contributed by atoms with Gasteiger partial charge in [-0.1, -0.05) is 37.8 Å². The predicted octanol–water partition coefficient (Wildman–Crippen LogP) is 4.81. The third-order valence-electron chi connectivity index (χ3n) is 4.38. The van der Waals surface area contributed by atoms with Crippen LogP contribution in [0.25, 0.3) is 0 Å². The Bertz CT molecular complexity index is 438. The fourth-order valence-electron chi connectivity index (χ4n) is 3.25. The summed E-state index contributed by atoms with van der Waals surface area (Å²) in [6.07, 6.45) is 6.19. The van der Waals surface area contributed by atoms with Gasteiger partial charge < -0.3 is 11.1 Å². The fourth-order valence-corrected chi connectivity index (χ4v) is 3.75. The molecule has 106 valence electrons. The maximum atomic E-state index is 6.12. The average molecular weight is 346 g/mol. The summed E-state index contributed by atoms with van der Waals surface area (Å²) in [7, 11) is 0. The smallest absolute Gasteiger partial charge is 0.0549 e. The molecule has 0 saturated heterocycles. The summed E-state index contributed by atoms with van der Waals surface area (Å²) in [6, 6.07) is 5.99. The quantitative estimate of drug-likeness (QED) is 0.821. The van der Waals surface area contributed by atoms with Gasteiger partial charge in [0.15, 0.2) is 0 Å². The van der Waals surface area contributed by atoms with Gasteiger partial charge in [-0.3, -0.25) is 0 Å². The second kappa shape index (κ2) is 6.47. The van der Waals surface area contributed by atoms with E-state index < -0.39 is 0 Å². The van der Waals surface area contributed by atoms with Crippen LogP contribution in [0.1, 0.15) is 39.0 Å². The second-order valence-electron chi connectivity index (χ2n) is 5.47. The number of anilines is 1. The molecule has 3 N–H and O–H groups in total. The molecule has 0 aliphatic heterocycles. The molecule has 1 aromatic rings. The normalized spacial score (nSPS) is 27.3. The van der Waals surface area contributed by atoms with Crippen molar-refractivity contribution in [1.82, 2.24) is 0 Å². The number of rotatable bonds is 4. The third-order valence-corrected chi connectivity index (χ3v) is 5.59. The van der Waals surface area contributed by atoms with Gasteiger partial charge in [-0.05, 0) is 52.9 Å². The summed E-state index contributed by atoms with van der Waals surface area (Å²) in [6.45, 7) is 2.95. The van der Waals surface area contributed by atoms with Crippen LogP contribution >= 0.6 is 27.5 Å². The monoisotopic (exact) mass is 344 g/mol. The van der Waals surface area contributed by atoms with E-state index in [1.165, 1.54) is 25.7 Å². The lowest BCUT2D eigenvalue weighted by Crippen LogP contribution is -2.53. The Labute approximate surface area is 129 Å². The molecule has 1 aromatic carbocycles. The van der Waals surface area contributed by atoms with Gasteiger partial charge in [0.25, 0.3) is 0 Å². The van der Waals surface area contributed by atoms with Crippen LogP contribution in [0.4, 0.5) is 5.69 Å². The molecule has 4 heteroatoms. The minimum atomic E-state index is 0.0419. The Morgan fingerprint density at radius 2 is 2.26 bits per heavy atom. The van der Waals surface area contributed by atoms with Crippen LogP contribution in [-0.2, 0) is 0 Å². The van der Waals surface area contributed by atoms with Crippen molar-refractivity contribution in [2.24, 2.45) is 11.7 Å². The molecule has 0 radical (unpaired) electrons. The molecule has 2 atom stereocenters. The van der Waals surface area contributed by atoms with Crippen molar-refractivity contribution in [2.75, 3.05) is 11.9 Å². The van der Waals surface area contributed by atoms with E-state index in [1.54, 1.807) is 0 Å². The summed E-state index contributed by atoms with van der Waals surface area (Å²) >= 11 is 9.53. The summed E-state index contributed by atoms with van der Waals surface area (Å²) < 4.78 is 0.926. The second-order valence-corrected chi connectivity index (χ2v) is 6.73. The van der Waals surface area contributed by atoms with Gasteiger partial charge in [-0.2, -0.15) is 0 Å². The van der Waals surface area contributed by atoms with E-state index >= 15 is 0 Å². The Kier molecular flexibility index (Phi) is 5.15. The Morgan fingerprint density at radius 1 is 1.47 bits per heavy atom. The molecule has 19 heavy (non-hydrogen) atoms. The summed E-state index contributed by atoms with van der Waals surface area (Å²) in [5, 5.41) is 4.44. The zero-order valence-electron chi connectivity index (χ0n) is 11.4. The predicted molar refractivity (Wildman–Crippen MR) is 86.8 cm³/mol. The zero-order valence-corrected chi connectivity index (χ0v) is 13.7. The highest BCUT2D eigenvalue weighted by Crippen LogP contribution is 2.38. The number of halogens is 2. The van der Waals surface area contributed by atoms with Crippen LogP contribution in [-0.4, -0.2) is 12.1 Å². The van der Waals surface area contributed by atoms with Crippen molar-refractivity contribution in [3.05, 3.63) is 27.7 Å². The van der Waals surface area contributed by atoms with Crippen molar-refractivity contribution in [1.29, 1.82) is 0 Å². The molecule has 1 saturated carbocycles. The molecule has 2 unspecified atom stereocenters. The molecule has 1 fully saturated rings. The van der Waals surface area contributed by atoms with E-state index in [1.807, 2.05) is 18.2 Å². The van der Waals surface area contributed by atoms with Crippen LogP contribution in [0, 0.1) is 5.92 Å². The van der Waals surface area contributed by atoms with Crippen LogP contribution in [0.5, 0.6) is 0 Å². The number of hydrogen-bond donors (Lipinski definition) is 2. The van der Waals surface area contributed by atoms with Crippen LogP contribution in [0.2, 0.25) is 5.02 Å². The highest BCUT2D eigenvalue weighted by atomic mass is 79.9. The molecule has 0 amide bonds. The van der Waals surface area contributed by atoms with E-state index in [-0.39, 0.29) is 5.54 Å². The number of nitrogens with one attached hydrogen (secondary N) is 1. The molecule has 2 nitrogen and oxygen atoms in total. The minimum Gasteiger partial charge on any atom is -0.378 e. The lowest BCUT2D eigenvalue weighted by Gasteiger charge is -2.45. The van der Waals surface area contributed by atoms with Gasteiger partial charge >= 0.3 is 0 Å².